The highest BCUT2D eigenvalue weighted by Crippen LogP contribution is 2.35. The van der Waals surface area contributed by atoms with Crippen LogP contribution in [-0.4, -0.2) is 27.9 Å². The van der Waals surface area contributed by atoms with E-state index in [0.29, 0.717) is 5.75 Å². The van der Waals surface area contributed by atoms with Gasteiger partial charge in [-0.25, -0.2) is 14.5 Å². The molecule has 0 fully saturated rings. The molecule has 0 aliphatic heterocycles. The molecule has 10 heteroatoms. The van der Waals surface area contributed by atoms with Gasteiger partial charge in [-0.2, -0.15) is 18.3 Å². The van der Waals surface area contributed by atoms with Gasteiger partial charge in [0.05, 0.1) is 18.4 Å². The van der Waals surface area contributed by atoms with Gasteiger partial charge in [0.15, 0.2) is 0 Å². The highest BCUT2D eigenvalue weighted by molar-refractivity contribution is 5.89. The zero-order valence-electron chi connectivity index (χ0n) is 14.7. The number of carbonyl (C=O) groups is 1. The Morgan fingerprint density at radius 1 is 1.21 bits per heavy atom. The Labute approximate surface area is 158 Å². The maximum atomic E-state index is 13.4. The van der Waals surface area contributed by atoms with Gasteiger partial charge >= 0.3 is 12.2 Å². The lowest BCUT2D eigenvalue weighted by Gasteiger charge is -2.15. The molecule has 0 unspecified atom stereocenters. The van der Waals surface area contributed by atoms with Crippen LogP contribution >= 0.6 is 0 Å². The van der Waals surface area contributed by atoms with Crippen LogP contribution in [0.4, 0.5) is 23.7 Å². The van der Waals surface area contributed by atoms with E-state index in [1.165, 1.54) is 19.2 Å². The number of hydrogen-bond acceptors (Lipinski definition) is 4. The maximum Gasteiger partial charge on any atom is 0.418 e. The second-order valence-electron chi connectivity index (χ2n) is 5.69. The third-order valence-electron chi connectivity index (χ3n) is 3.86. The van der Waals surface area contributed by atoms with E-state index in [9.17, 15) is 18.0 Å². The number of hydrogen-bond donors (Lipinski definition) is 2. The molecule has 0 atom stereocenters. The van der Waals surface area contributed by atoms with Gasteiger partial charge in [0.2, 0.25) is 0 Å². The third kappa shape index (κ3) is 4.40. The molecule has 0 saturated heterocycles. The molecule has 2 amide bonds. The highest BCUT2D eigenvalue weighted by atomic mass is 19.4. The van der Waals surface area contributed by atoms with E-state index in [1.54, 1.807) is 24.3 Å². The third-order valence-corrected chi connectivity index (χ3v) is 3.86. The Morgan fingerprint density at radius 3 is 2.68 bits per heavy atom. The first-order valence-electron chi connectivity index (χ1n) is 8.11. The number of aromatic nitrogens is 3. The Morgan fingerprint density at radius 2 is 2.00 bits per heavy atom. The van der Waals surface area contributed by atoms with E-state index in [4.69, 9.17) is 4.74 Å². The molecule has 0 aliphatic carbocycles. The van der Waals surface area contributed by atoms with Crippen LogP contribution in [0.15, 0.2) is 55.1 Å². The summed E-state index contributed by atoms with van der Waals surface area (Å²) in [6.07, 6.45) is -2.33. The van der Waals surface area contributed by atoms with Gasteiger partial charge in [-0.3, -0.25) is 0 Å². The van der Waals surface area contributed by atoms with Gasteiger partial charge in [-0.05, 0) is 24.3 Å². The molecule has 0 aliphatic rings. The summed E-state index contributed by atoms with van der Waals surface area (Å²) in [5.74, 6) is 0.597. The van der Waals surface area contributed by atoms with Gasteiger partial charge in [-0.15, -0.1) is 0 Å². The average Bonchev–Trinajstić information content (AvgIpc) is 3.20. The standard InChI is InChI=1S/C18H16F3N5O2/c1-28-16-5-3-2-4-12(16)9-23-17(27)25-13-6-7-15(26-11-22-10-24-26)14(8-13)18(19,20)21/h2-8,10-11H,9H2,1H3,(H2,23,25,27). The number of rotatable bonds is 5. The van der Waals surface area contributed by atoms with Crippen molar-refractivity contribution >= 4 is 11.7 Å². The average molecular weight is 391 g/mol. The maximum absolute atomic E-state index is 13.4. The van der Waals surface area contributed by atoms with E-state index >= 15 is 0 Å². The lowest BCUT2D eigenvalue weighted by Crippen LogP contribution is -2.28. The van der Waals surface area contributed by atoms with Crippen LogP contribution in [0.25, 0.3) is 5.69 Å². The summed E-state index contributed by atoms with van der Waals surface area (Å²) in [7, 11) is 1.51. The number of carbonyl (C=O) groups excluding carboxylic acids is 1. The number of benzene rings is 2. The molecule has 2 N–H and O–H groups in total. The zero-order valence-corrected chi connectivity index (χ0v) is 14.7. The second-order valence-corrected chi connectivity index (χ2v) is 5.69. The fourth-order valence-corrected chi connectivity index (χ4v) is 2.57. The zero-order chi connectivity index (χ0) is 20.1. The fraction of sp³-hybridized carbons (Fsp3) is 0.167. The van der Waals surface area contributed by atoms with Gasteiger partial charge in [0, 0.05) is 17.8 Å². The monoisotopic (exact) mass is 391 g/mol. The topological polar surface area (TPSA) is 81.1 Å². The van der Waals surface area contributed by atoms with Gasteiger partial charge in [0.25, 0.3) is 0 Å². The van der Waals surface area contributed by atoms with E-state index < -0.39 is 17.8 Å². The molecule has 1 aromatic heterocycles. The second kappa shape index (κ2) is 7.99. The largest absolute Gasteiger partial charge is 0.496 e. The number of para-hydroxylation sites is 1. The summed E-state index contributed by atoms with van der Waals surface area (Å²) in [4.78, 5) is 15.7. The molecule has 1 heterocycles. The highest BCUT2D eigenvalue weighted by Gasteiger charge is 2.34. The smallest absolute Gasteiger partial charge is 0.418 e. The molecule has 2 aromatic carbocycles. The molecule has 0 saturated carbocycles. The van der Waals surface area contributed by atoms with Crippen molar-refractivity contribution in [2.45, 2.75) is 12.7 Å². The van der Waals surface area contributed by atoms with Crippen LogP contribution < -0.4 is 15.4 Å². The molecular weight excluding hydrogens is 375 g/mol. The molecule has 0 bridgehead atoms. The number of urea groups is 1. The summed E-state index contributed by atoms with van der Waals surface area (Å²) in [5.41, 5.74) is -0.406. The van der Waals surface area contributed by atoms with Crippen LogP contribution in [0, 0.1) is 0 Å². The first-order chi connectivity index (χ1) is 13.4. The molecule has 0 spiro atoms. The SMILES string of the molecule is COc1ccccc1CNC(=O)Nc1ccc(-n2cncn2)c(C(F)(F)F)c1. The Hall–Kier alpha value is -3.56. The number of anilines is 1. The first-order valence-corrected chi connectivity index (χ1v) is 8.11. The van der Waals surface area contributed by atoms with Crippen molar-refractivity contribution in [3.05, 3.63) is 66.2 Å². The van der Waals surface area contributed by atoms with Crippen molar-refractivity contribution < 1.29 is 22.7 Å². The van der Waals surface area contributed by atoms with Crippen molar-refractivity contribution in [1.82, 2.24) is 20.1 Å². The van der Waals surface area contributed by atoms with Gasteiger partial charge < -0.3 is 15.4 Å². The summed E-state index contributed by atoms with van der Waals surface area (Å²) >= 11 is 0. The molecule has 3 aromatic rings. The quantitative estimate of drug-likeness (QED) is 0.696. The van der Waals surface area contributed by atoms with E-state index in [0.717, 1.165) is 29.0 Å². The number of methoxy groups -OCH3 is 1. The Balaban J connectivity index is 1.74. The fourth-order valence-electron chi connectivity index (χ4n) is 2.57. The Bertz CT molecular complexity index is 958. The van der Waals surface area contributed by atoms with E-state index in [-0.39, 0.29) is 17.9 Å². The predicted molar refractivity (Wildman–Crippen MR) is 95.2 cm³/mol. The van der Waals surface area contributed by atoms with Crippen molar-refractivity contribution in [3.8, 4) is 11.4 Å². The summed E-state index contributed by atoms with van der Waals surface area (Å²) in [6, 6.07) is 9.86. The van der Waals surface area contributed by atoms with Crippen LogP contribution in [0.5, 0.6) is 5.75 Å². The minimum Gasteiger partial charge on any atom is -0.496 e. The lowest BCUT2D eigenvalue weighted by molar-refractivity contribution is -0.137. The van der Waals surface area contributed by atoms with Crippen LogP contribution in [0.1, 0.15) is 11.1 Å². The molecule has 146 valence electrons. The van der Waals surface area contributed by atoms with Crippen LogP contribution in [0.2, 0.25) is 0 Å². The minimum atomic E-state index is -4.63. The Kier molecular flexibility index (Phi) is 5.48. The van der Waals surface area contributed by atoms with Crippen LogP contribution in [-0.2, 0) is 12.7 Å². The van der Waals surface area contributed by atoms with Gasteiger partial charge in [0.1, 0.15) is 18.4 Å². The summed E-state index contributed by atoms with van der Waals surface area (Å²) < 4.78 is 46.4. The number of nitrogens with zero attached hydrogens (tertiary/aromatic N) is 3. The van der Waals surface area contributed by atoms with Crippen molar-refractivity contribution in [2.75, 3.05) is 12.4 Å². The normalized spacial score (nSPS) is 11.1. The molecular formula is C18H16F3N5O2. The van der Waals surface area contributed by atoms with Crippen LogP contribution in [0.3, 0.4) is 0 Å². The van der Waals surface area contributed by atoms with E-state index in [1.807, 2.05) is 0 Å². The van der Waals surface area contributed by atoms with Crippen molar-refractivity contribution in [3.63, 3.8) is 0 Å². The van der Waals surface area contributed by atoms with Gasteiger partial charge in [-0.1, -0.05) is 18.2 Å². The lowest BCUT2D eigenvalue weighted by atomic mass is 10.1. The minimum absolute atomic E-state index is 0.00582. The van der Waals surface area contributed by atoms with Crippen molar-refractivity contribution in [1.29, 1.82) is 0 Å². The molecule has 0 radical (unpaired) electrons. The first kappa shape index (κ1) is 19.2. The number of nitrogens with one attached hydrogen (secondary N) is 2. The number of alkyl halides is 3. The predicted octanol–water partition coefficient (Wildman–Crippen LogP) is 3.62. The molecule has 28 heavy (non-hydrogen) atoms. The summed E-state index contributed by atoms with van der Waals surface area (Å²) in [6.45, 7) is 0.152. The molecule has 7 nitrogen and oxygen atoms in total. The molecule has 3 rings (SSSR count). The van der Waals surface area contributed by atoms with E-state index in [2.05, 4.69) is 20.7 Å². The number of halogens is 3. The summed E-state index contributed by atoms with van der Waals surface area (Å²) in [5, 5.41) is 8.71. The van der Waals surface area contributed by atoms with Crippen molar-refractivity contribution in [2.24, 2.45) is 0 Å². The number of amides is 2. The number of ether oxygens (including phenoxy) is 1.